The zero-order chi connectivity index (χ0) is 16.2. The minimum atomic E-state index is 0.0484. The number of hydrogen-bond acceptors (Lipinski definition) is 5. The average molecular weight is 337 g/mol. The molecule has 23 heavy (non-hydrogen) atoms. The molecule has 1 aromatic heterocycles. The van der Waals surface area contributed by atoms with Crippen molar-refractivity contribution in [2.24, 2.45) is 5.92 Å². The Morgan fingerprint density at radius 3 is 2.74 bits per heavy atom. The Labute approximate surface area is 142 Å². The first kappa shape index (κ1) is 16.9. The number of carbonyl (C=O) groups excluding carboxylic acids is 1. The molecule has 2 saturated heterocycles. The Kier molecular flexibility index (Phi) is 5.67. The van der Waals surface area contributed by atoms with E-state index in [4.69, 9.17) is 0 Å². The molecular formula is C17H27N3O2S. The van der Waals surface area contributed by atoms with E-state index in [1.165, 1.54) is 0 Å². The van der Waals surface area contributed by atoms with Crippen molar-refractivity contribution in [3.63, 3.8) is 0 Å². The number of aliphatic hydroxyl groups is 1. The van der Waals surface area contributed by atoms with E-state index in [0.29, 0.717) is 0 Å². The van der Waals surface area contributed by atoms with E-state index in [1.54, 1.807) is 11.3 Å². The molecule has 0 aromatic carbocycles. The molecule has 3 rings (SSSR count). The van der Waals surface area contributed by atoms with E-state index in [1.807, 2.05) is 11.8 Å². The third-order valence-corrected chi connectivity index (χ3v) is 5.93. The number of amides is 1. The smallest absolute Gasteiger partial charge is 0.226 e. The summed E-state index contributed by atoms with van der Waals surface area (Å²) in [6.07, 6.45) is 5.00. The third-order valence-electron chi connectivity index (χ3n) is 5.11. The molecule has 2 aliphatic rings. The molecule has 0 radical (unpaired) electrons. The lowest BCUT2D eigenvalue weighted by Gasteiger charge is -2.39. The zero-order valence-corrected chi connectivity index (χ0v) is 14.7. The van der Waals surface area contributed by atoms with Crippen LogP contribution in [0.5, 0.6) is 0 Å². The molecule has 0 aliphatic carbocycles. The summed E-state index contributed by atoms with van der Waals surface area (Å²) in [5, 5.41) is 12.8. The van der Waals surface area contributed by atoms with Gasteiger partial charge in [0.15, 0.2) is 0 Å². The van der Waals surface area contributed by atoms with Gasteiger partial charge in [-0.3, -0.25) is 9.69 Å². The molecule has 1 amide bonds. The maximum Gasteiger partial charge on any atom is 0.226 e. The van der Waals surface area contributed by atoms with Crippen molar-refractivity contribution in [1.82, 2.24) is 14.8 Å². The van der Waals surface area contributed by atoms with Crippen LogP contribution in [0, 0.1) is 12.8 Å². The maximum absolute atomic E-state index is 12.8. The molecule has 1 unspecified atom stereocenters. The Balaban J connectivity index is 1.50. The second kappa shape index (κ2) is 7.73. The number of nitrogens with zero attached hydrogens (tertiary/aromatic N) is 3. The van der Waals surface area contributed by atoms with Gasteiger partial charge < -0.3 is 10.0 Å². The summed E-state index contributed by atoms with van der Waals surface area (Å²) >= 11 is 1.70. The highest BCUT2D eigenvalue weighted by molar-refractivity contribution is 7.09. The van der Waals surface area contributed by atoms with E-state index >= 15 is 0 Å². The van der Waals surface area contributed by atoms with Crippen LogP contribution < -0.4 is 0 Å². The monoisotopic (exact) mass is 337 g/mol. The van der Waals surface area contributed by atoms with Crippen LogP contribution in [-0.2, 0) is 11.3 Å². The predicted molar refractivity (Wildman–Crippen MR) is 91.3 cm³/mol. The van der Waals surface area contributed by atoms with Gasteiger partial charge in [-0.25, -0.2) is 4.98 Å². The number of likely N-dealkylation sites (tertiary alicyclic amines) is 2. The van der Waals surface area contributed by atoms with Gasteiger partial charge in [0.2, 0.25) is 5.91 Å². The average Bonchev–Trinajstić information content (AvgIpc) is 3.00. The molecule has 2 aliphatic heterocycles. The molecule has 0 spiro atoms. The number of carbonyl (C=O) groups is 1. The number of aromatic nitrogens is 1. The minimum Gasteiger partial charge on any atom is -0.394 e. The van der Waals surface area contributed by atoms with Gasteiger partial charge in [-0.1, -0.05) is 0 Å². The van der Waals surface area contributed by atoms with Crippen molar-refractivity contribution in [2.75, 3.05) is 26.2 Å². The summed E-state index contributed by atoms with van der Waals surface area (Å²) in [4.78, 5) is 21.7. The van der Waals surface area contributed by atoms with E-state index in [2.05, 4.69) is 15.3 Å². The van der Waals surface area contributed by atoms with Gasteiger partial charge in [-0.2, -0.15) is 0 Å². The van der Waals surface area contributed by atoms with E-state index in [-0.39, 0.29) is 24.5 Å². The lowest BCUT2D eigenvalue weighted by atomic mass is 9.92. The van der Waals surface area contributed by atoms with Gasteiger partial charge in [0, 0.05) is 24.4 Å². The molecule has 5 nitrogen and oxygen atoms in total. The number of rotatable bonds is 4. The summed E-state index contributed by atoms with van der Waals surface area (Å²) in [6.45, 7) is 5.79. The van der Waals surface area contributed by atoms with E-state index in [9.17, 15) is 9.90 Å². The van der Waals surface area contributed by atoms with E-state index < -0.39 is 0 Å². The van der Waals surface area contributed by atoms with Crippen LogP contribution in [0.3, 0.4) is 0 Å². The molecule has 1 atom stereocenters. The summed E-state index contributed by atoms with van der Waals surface area (Å²) in [5.41, 5.74) is 1.15. The van der Waals surface area contributed by atoms with Gasteiger partial charge in [-0.05, 0) is 52.1 Å². The highest BCUT2D eigenvalue weighted by Gasteiger charge is 2.33. The van der Waals surface area contributed by atoms with Crippen molar-refractivity contribution in [2.45, 2.75) is 51.6 Å². The highest BCUT2D eigenvalue weighted by Crippen LogP contribution is 2.25. The van der Waals surface area contributed by atoms with Crippen LogP contribution >= 0.6 is 11.3 Å². The fraction of sp³-hybridized carbons (Fsp3) is 0.765. The normalized spacial score (nSPS) is 24.1. The van der Waals surface area contributed by atoms with Gasteiger partial charge in [0.25, 0.3) is 0 Å². The number of thiazole rings is 1. The van der Waals surface area contributed by atoms with Crippen LogP contribution in [-0.4, -0.2) is 58.1 Å². The maximum atomic E-state index is 12.8. The van der Waals surface area contributed by atoms with Crippen molar-refractivity contribution in [1.29, 1.82) is 0 Å². The quantitative estimate of drug-likeness (QED) is 0.913. The van der Waals surface area contributed by atoms with Gasteiger partial charge in [0.1, 0.15) is 0 Å². The van der Waals surface area contributed by atoms with Crippen LogP contribution in [0.2, 0.25) is 0 Å². The van der Waals surface area contributed by atoms with Crippen molar-refractivity contribution in [3.05, 3.63) is 16.1 Å². The first-order valence-corrected chi connectivity index (χ1v) is 9.60. The standard InChI is InChI=1S/C17H27N3O2S/c1-13-18-15(12-23-13)10-19-8-5-14(6-9-19)17(22)20-7-3-2-4-16(20)11-21/h12,14,16,21H,2-11H2,1H3. The molecule has 0 bridgehead atoms. The highest BCUT2D eigenvalue weighted by atomic mass is 32.1. The molecule has 6 heteroatoms. The molecular weight excluding hydrogens is 310 g/mol. The van der Waals surface area contributed by atoms with Crippen LogP contribution in [0.4, 0.5) is 0 Å². The van der Waals surface area contributed by atoms with E-state index in [0.717, 1.165) is 69.0 Å². The topological polar surface area (TPSA) is 56.7 Å². The van der Waals surface area contributed by atoms with Gasteiger partial charge in [0.05, 0.1) is 23.4 Å². The van der Waals surface area contributed by atoms with Crippen LogP contribution in [0.25, 0.3) is 0 Å². The Morgan fingerprint density at radius 1 is 1.30 bits per heavy atom. The lowest BCUT2D eigenvalue weighted by molar-refractivity contribution is -0.142. The summed E-state index contributed by atoms with van der Waals surface area (Å²) in [5.74, 6) is 0.406. The van der Waals surface area contributed by atoms with Gasteiger partial charge >= 0.3 is 0 Å². The molecule has 2 fully saturated rings. The zero-order valence-electron chi connectivity index (χ0n) is 13.9. The molecule has 1 N–H and O–H groups in total. The second-order valence-corrected chi connectivity index (χ2v) is 7.83. The van der Waals surface area contributed by atoms with Crippen molar-refractivity contribution >= 4 is 17.2 Å². The fourth-order valence-electron chi connectivity index (χ4n) is 3.76. The fourth-order valence-corrected chi connectivity index (χ4v) is 4.37. The SMILES string of the molecule is Cc1nc(CN2CCC(C(=O)N3CCCCC3CO)CC2)cs1. The number of hydrogen-bond donors (Lipinski definition) is 1. The molecule has 3 heterocycles. The van der Waals surface area contributed by atoms with Crippen LogP contribution in [0.15, 0.2) is 5.38 Å². The summed E-state index contributed by atoms with van der Waals surface area (Å²) in [6, 6.07) is 0.0484. The molecule has 0 saturated carbocycles. The third kappa shape index (κ3) is 4.11. The van der Waals surface area contributed by atoms with Crippen LogP contribution in [0.1, 0.15) is 42.8 Å². The second-order valence-electron chi connectivity index (χ2n) is 6.77. The Hall–Kier alpha value is -0.980. The largest absolute Gasteiger partial charge is 0.394 e. The van der Waals surface area contributed by atoms with Gasteiger partial charge in [-0.15, -0.1) is 11.3 Å². The first-order valence-electron chi connectivity index (χ1n) is 8.72. The van der Waals surface area contributed by atoms with Crippen molar-refractivity contribution < 1.29 is 9.90 Å². The van der Waals surface area contributed by atoms with Crippen molar-refractivity contribution in [3.8, 4) is 0 Å². The summed E-state index contributed by atoms with van der Waals surface area (Å²) in [7, 11) is 0. The summed E-state index contributed by atoms with van der Waals surface area (Å²) < 4.78 is 0. The predicted octanol–water partition coefficient (Wildman–Crippen LogP) is 2.04. The number of piperidine rings is 2. The number of aliphatic hydroxyl groups excluding tert-OH is 1. The minimum absolute atomic E-state index is 0.0484. The molecule has 1 aromatic rings. The Bertz CT molecular complexity index is 526. The number of aryl methyl sites for hydroxylation is 1. The lowest BCUT2D eigenvalue weighted by Crippen LogP contribution is -2.50. The molecule has 128 valence electrons. The first-order chi connectivity index (χ1) is 11.2. The Morgan fingerprint density at radius 2 is 2.09 bits per heavy atom.